The van der Waals surface area contributed by atoms with E-state index in [2.05, 4.69) is 15.5 Å². The molecule has 0 aliphatic rings. The molecule has 0 atom stereocenters. The van der Waals surface area contributed by atoms with E-state index >= 15 is 0 Å². The highest BCUT2D eigenvalue weighted by Gasteiger charge is 2.12. The van der Waals surface area contributed by atoms with Gasteiger partial charge in [-0.2, -0.15) is 0 Å². The summed E-state index contributed by atoms with van der Waals surface area (Å²) in [5.74, 6) is 0.666. The predicted octanol–water partition coefficient (Wildman–Crippen LogP) is 3.47. The molecule has 24 heavy (non-hydrogen) atoms. The Balaban J connectivity index is 1.52. The molecule has 0 spiro atoms. The van der Waals surface area contributed by atoms with Gasteiger partial charge < -0.3 is 10.4 Å². The lowest BCUT2D eigenvalue weighted by Gasteiger charge is -2.02. The Morgan fingerprint density at radius 1 is 1.08 bits per heavy atom. The number of nitrogens with zero attached hydrogens (tertiary/aromatic N) is 2. The summed E-state index contributed by atoms with van der Waals surface area (Å²) in [6.45, 7) is 0.469. The molecule has 0 saturated heterocycles. The molecule has 0 aliphatic carbocycles. The third kappa shape index (κ3) is 4.56. The van der Waals surface area contributed by atoms with Crippen LogP contribution in [0.15, 0.2) is 59.5 Å². The second kappa shape index (κ2) is 7.94. The van der Waals surface area contributed by atoms with Gasteiger partial charge in [0.1, 0.15) is 10.8 Å². The molecule has 0 bridgehead atoms. The van der Waals surface area contributed by atoms with Crippen molar-refractivity contribution in [2.45, 2.75) is 17.2 Å². The molecular formula is C17H15N3O2S2. The SMILES string of the molecule is O=C(NCc1ccccc1)c1nnc(CSc2ccc(O)cc2)s1. The quantitative estimate of drug-likeness (QED) is 0.661. The summed E-state index contributed by atoms with van der Waals surface area (Å²) in [6.07, 6.45) is 0. The predicted molar refractivity (Wildman–Crippen MR) is 95.2 cm³/mol. The Bertz CT molecular complexity index is 804. The second-order valence-corrected chi connectivity index (χ2v) is 7.06. The largest absolute Gasteiger partial charge is 0.508 e. The average Bonchev–Trinajstić information content (AvgIpc) is 3.09. The van der Waals surface area contributed by atoms with Crippen molar-refractivity contribution < 1.29 is 9.90 Å². The molecule has 0 unspecified atom stereocenters. The number of hydrogen-bond donors (Lipinski definition) is 2. The molecule has 5 nitrogen and oxygen atoms in total. The molecule has 1 heterocycles. The molecule has 122 valence electrons. The Hall–Kier alpha value is -2.38. The molecule has 2 N–H and O–H groups in total. The van der Waals surface area contributed by atoms with Gasteiger partial charge in [0.15, 0.2) is 0 Å². The van der Waals surface area contributed by atoms with Gasteiger partial charge in [0.25, 0.3) is 5.91 Å². The molecule has 3 rings (SSSR count). The number of amides is 1. The normalized spacial score (nSPS) is 10.5. The number of phenols is 1. The first-order valence-electron chi connectivity index (χ1n) is 7.27. The molecule has 0 saturated carbocycles. The summed E-state index contributed by atoms with van der Waals surface area (Å²) in [4.78, 5) is 13.1. The minimum absolute atomic E-state index is 0.211. The molecule has 0 fully saturated rings. The van der Waals surface area contributed by atoms with E-state index in [1.807, 2.05) is 42.5 Å². The van der Waals surface area contributed by atoms with Crippen LogP contribution in [-0.2, 0) is 12.3 Å². The highest BCUT2D eigenvalue weighted by atomic mass is 32.2. The number of nitrogens with one attached hydrogen (secondary N) is 1. The van der Waals surface area contributed by atoms with Crippen molar-refractivity contribution in [3.05, 3.63) is 70.2 Å². The summed E-state index contributed by atoms with van der Waals surface area (Å²) in [7, 11) is 0. The van der Waals surface area contributed by atoms with E-state index in [-0.39, 0.29) is 11.7 Å². The van der Waals surface area contributed by atoms with Crippen molar-refractivity contribution in [3.8, 4) is 5.75 Å². The Morgan fingerprint density at radius 3 is 2.58 bits per heavy atom. The molecule has 3 aromatic rings. The van der Waals surface area contributed by atoms with Crippen LogP contribution in [-0.4, -0.2) is 21.2 Å². The standard InChI is InChI=1S/C17H15N3O2S2/c21-13-6-8-14(9-7-13)23-11-15-19-20-17(24-15)16(22)18-10-12-4-2-1-3-5-12/h1-9,21H,10-11H2,(H,18,22). The Labute approximate surface area is 147 Å². The number of carbonyl (C=O) groups excluding carboxylic acids is 1. The van der Waals surface area contributed by atoms with Crippen molar-refractivity contribution in [2.24, 2.45) is 0 Å². The van der Waals surface area contributed by atoms with Crippen LogP contribution in [0.2, 0.25) is 0 Å². The number of aromatic hydroxyl groups is 1. The van der Waals surface area contributed by atoms with Gasteiger partial charge in [-0.3, -0.25) is 4.79 Å². The first-order chi connectivity index (χ1) is 11.7. The van der Waals surface area contributed by atoms with Crippen molar-refractivity contribution in [1.29, 1.82) is 0 Å². The molecule has 7 heteroatoms. The molecule has 0 radical (unpaired) electrons. The van der Waals surface area contributed by atoms with Crippen LogP contribution in [0.1, 0.15) is 20.4 Å². The second-order valence-electron chi connectivity index (χ2n) is 4.95. The fourth-order valence-corrected chi connectivity index (χ4v) is 3.59. The average molecular weight is 357 g/mol. The lowest BCUT2D eigenvalue weighted by Crippen LogP contribution is -2.22. The number of thioether (sulfide) groups is 1. The van der Waals surface area contributed by atoms with E-state index in [4.69, 9.17) is 0 Å². The van der Waals surface area contributed by atoms with Gasteiger partial charge >= 0.3 is 0 Å². The maximum absolute atomic E-state index is 12.1. The number of aromatic nitrogens is 2. The molecular weight excluding hydrogens is 342 g/mol. The van der Waals surface area contributed by atoms with Crippen molar-refractivity contribution >= 4 is 29.0 Å². The van der Waals surface area contributed by atoms with Crippen LogP contribution in [0.5, 0.6) is 5.75 Å². The maximum Gasteiger partial charge on any atom is 0.282 e. The summed E-state index contributed by atoms with van der Waals surface area (Å²) in [6, 6.07) is 16.7. The topological polar surface area (TPSA) is 75.1 Å². The third-order valence-electron chi connectivity index (χ3n) is 3.16. The van der Waals surface area contributed by atoms with Crippen LogP contribution in [0.4, 0.5) is 0 Å². The van der Waals surface area contributed by atoms with E-state index in [9.17, 15) is 9.90 Å². The third-order valence-corrected chi connectivity index (χ3v) is 5.28. The lowest BCUT2D eigenvalue weighted by molar-refractivity contribution is 0.0950. The monoisotopic (exact) mass is 357 g/mol. The number of benzene rings is 2. The summed E-state index contributed by atoms with van der Waals surface area (Å²) in [5, 5.41) is 21.3. The Kier molecular flexibility index (Phi) is 5.45. The smallest absolute Gasteiger partial charge is 0.282 e. The van der Waals surface area contributed by atoms with E-state index in [0.29, 0.717) is 17.3 Å². The maximum atomic E-state index is 12.1. The van der Waals surface area contributed by atoms with Crippen molar-refractivity contribution in [2.75, 3.05) is 0 Å². The van der Waals surface area contributed by atoms with E-state index in [1.165, 1.54) is 11.3 Å². The van der Waals surface area contributed by atoms with Gasteiger partial charge in [-0.05, 0) is 29.8 Å². The highest BCUT2D eigenvalue weighted by Crippen LogP contribution is 2.25. The summed E-state index contributed by atoms with van der Waals surface area (Å²) >= 11 is 2.88. The number of carbonyl (C=O) groups is 1. The molecule has 1 amide bonds. The highest BCUT2D eigenvalue weighted by molar-refractivity contribution is 7.98. The van der Waals surface area contributed by atoms with Gasteiger partial charge in [0.2, 0.25) is 5.01 Å². The Morgan fingerprint density at radius 2 is 1.83 bits per heavy atom. The van der Waals surface area contributed by atoms with Gasteiger partial charge in [0, 0.05) is 11.4 Å². The fraction of sp³-hybridized carbons (Fsp3) is 0.118. The molecule has 2 aromatic carbocycles. The minimum atomic E-state index is -0.211. The number of rotatable bonds is 6. The van der Waals surface area contributed by atoms with Crippen LogP contribution >= 0.6 is 23.1 Å². The van der Waals surface area contributed by atoms with Crippen LogP contribution in [0.25, 0.3) is 0 Å². The first-order valence-corrected chi connectivity index (χ1v) is 9.07. The van der Waals surface area contributed by atoms with Crippen molar-refractivity contribution in [1.82, 2.24) is 15.5 Å². The summed E-state index contributed by atoms with van der Waals surface area (Å²) < 4.78 is 0. The zero-order valence-electron chi connectivity index (χ0n) is 12.7. The van der Waals surface area contributed by atoms with Crippen LogP contribution < -0.4 is 5.32 Å². The van der Waals surface area contributed by atoms with E-state index in [0.717, 1.165) is 15.5 Å². The molecule has 1 aromatic heterocycles. The summed E-state index contributed by atoms with van der Waals surface area (Å²) in [5.41, 5.74) is 1.04. The van der Waals surface area contributed by atoms with Gasteiger partial charge in [0.05, 0.1) is 5.75 Å². The minimum Gasteiger partial charge on any atom is -0.508 e. The van der Waals surface area contributed by atoms with Gasteiger partial charge in [-0.1, -0.05) is 41.7 Å². The van der Waals surface area contributed by atoms with Gasteiger partial charge in [-0.25, -0.2) is 0 Å². The first kappa shape index (κ1) is 16.5. The zero-order valence-corrected chi connectivity index (χ0v) is 14.3. The lowest BCUT2D eigenvalue weighted by atomic mass is 10.2. The molecule has 0 aliphatic heterocycles. The van der Waals surface area contributed by atoms with E-state index < -0.39 is 0 Å². The fourth-order valence-electron chi connectivity index (χ4n) is 1.94. The van der Waals surface area contributed by atoms with E-state index in [1.54, 1.807) is 23.9 Å². The van der Waals surface area contributed by atoms with Gasteiger partial charge in [-0.15, -0.1) is 22.0 Å². The number of hydrogen-bond acceptors (Lipinski definition) is 6. The zero-order chi connectivity index (χ0) is 16.8. The van der Waals surface area contributed by atoms with Crippen molar-refractivity contribution in [3.63, 3.8) is 0 Å². The van der Waals surface area contributed by atoms with Crippen LogP contribution in [0, 0.1) is 0 Å². The van der Waals surface area contributed by atoms with Crippen LogP contribution in [0.3, 0.4) is 0 Å². The number of phenolic OH excluding ortho intramolecular Hbond substituents is 1.